The molecular formula is C27H38N4O3. The summed E-state index contributed by atoms with van der Waals surface area (Å²) in [5, 5.41) is 5.62. The second-order valence-electron chi connectivity index (χ2n) is 9.69. The molecule has 7 nitrogen and oxygen atoms in total. The molecule has 184 valence electrons. The second-order valence-corrected chi connectivity index (χ2v) is 9.69. The first-order chi connectivity index (χ1) is 16.2. The number of urea groups is 1. The highest BCUT2D eigenvalue weighted by Crippen LogP contribution is 2.32. The van der Waals surface area contributed by atoms with E-state index in [1.807, 2.05) is 36.1 Å². The maximum atomic E-state index is 13.1. The largest absolute Gasteiger partial charge is 0.497 e. The van der Waals surface area contributed by atoms with Crippen LogP contribution in [0.5, 0.6) is 5.75 Å². The number of ether oxygens (including phenoxy) is 1. The number of hydrogen-bond donors (Lipinski definition) is 2. The number of carbonyl (C=O) groups excluding carboxylic acids is 2. The molecule has 1 aliphatic rings. The van der Waals surface area contributed by atoms with Gasteiger partial charge >= 0.3 is 6.03 Å². The summed E-state index contributed by atoms with van der Waals surface area (Å²) in [4.78, 5) is 29.0. The van der Waals surface area contributed by atoms with Gasteiger partial charge in [-0.05, 0) is 47.6 Å². The predicted molar refractivity (Wildman–Crippen MR) is 135 cm³/mol. The lowest BCUT2D eigenvalue weighted by Gasteiger charge is -2.31. The van der Waals surface area contributed by atoms with E-state index in [0.29, 0.717) is 32.7 Å². The molecule has 3 rings (SSSR count). The van der Waals surface area contributed by atoms with Crippen molar-refractivity contribution in [1.82, 2.24) is 20.4 Å². The molecule has 0 aromatic heterocycles. The molecule has 1 unspecified atom stereocenters. The lowest BCUT2D eigenvalue weighted by Crippen LogP contribution is -2.41. The molecule has 1 fully saturated rings. The minimum absolute atomic E-state index is 0.0638. The number of nitrogens with zero attached hydrogens (tertiary/aromatic N) is 2. The van der Waals surface area contributed by atoms with Crippen LogP contribution in [0.3, 0.4) is 0 Å². The first-order valence-corrected chi connectivity index (χ1v) is 12.0. The van der Waals surface area contributed by atoms with Gasteiger partial charge in [0, 0.05) is 26.2 Å². The summed E-state index contributed by atoms with van der Waals surface area (Å²) in [5.74, 6) is 0.931. The number of nitrogens with one attached hydrogen (secondary N) is 2. The molecule has 1 aliphatic heterocycles. The fraction of sp³-hybridized carbons (Fsp3) is 0.481. The third-order valence-corrected chi connectivity index (χ3v) is 6.20. The quantitative estimate of drug-likeness (QED) is 0.591. The second kappa shape index (κ2) is 11.4. The molecule has 2 N–H and O–H groups in total. The van der Waals surface area contributed by atoms with Crippen molar-refractivity contribution in [2.75, 3.05) is 39.8 Å². The lowest BCUT2D eigenvalue weighted by atomic mass is 9.86. The van der Waals surface area contributed by atoms with Crippen molar-refractivity contribution in [2.24, 2.45) is 0 Å². The van der Waals surface area contributed by atoms with Gasteiger partial charge in [-0.3, -0.25) is 9.69 Å². The zero-order chi connectivity index (χ0) is 24.7. The van der Waals surface area contributed by atoms with E-state index in [4.69, 9.17) is 4.74 Å². The smallest absolute Gasteiger partial charge is 0.314 e. The van der Waals surface area contributed by atoms with Crippen molar-refractivity contribution in [2.45, 2.75) is 45.7 Å². The fourth-order valence-corrected chi connectivity index (χ4v) is 4.26. The lowest BCUT2D eigenvalue weighted by molar-refractivity contribution is -0.128. The average Bonchev–Trinajstić information content (AvgIpc) is 3.12. The van der Waals surface area contributed by atoms with Gasteiger partial charge in [-0.25, -0.2) is 4.79 Å². The minimum atomic E-state index is -0.185. The molecule has 0 saturated carbocycles. The Balaban J connectivity index is 1.77. The van der Waals surface area contributed by atoms with Crippen LogP contribution < -0.4 is 15.4 Å². The topological polar surface area (TPSA) is 73.9 Å². The summed E-state index contributed by atoms with van der Waals surface area (Å²) in [6.45, 7) is 11.1. The first kappa shape index (κ1) is 25.6. The molecule has 0 radical (unpaired) electrons. The van der Waals surface area contributed by atoms with E-state index < -0.39 is 0 Å². The Morgan fingerprint density at radius 3 is 2.29 bits per heavy atom. The van der Waals surface area contributed by atoms with Crippen molar-refractivity contribution in [3.63, 3.8) is 0 Å². The van der Waals surface area contributed by atoms with Gasteiger partial charge in [-0.2, -0.15) is 0 Å². The number of benzene rings is 2. The number of carbonyl (C=O) groups is 2. The first-order valence-electron chi connectivity index (χ1n) is 12.0. The van der Waals surface area contributed by atoms with E-state index in [1.165, 1.54) is 5.56 Å². The number of methoxy groups -OCH3 is 1. The molecular weight excluding hydrogens is 428 g/mol. The summed E-state index contributed by atoms with van der Waals surface area (Å²) in [6.07, 6.45) is 0.605. The summed E-state index contributed by atoms with van der Waals surface area (Å²) in [7, 11) is 1.66. The van der Waals surface area contributed by atoms with Crippen LogP contribution in [0.1, 0.15) is 50.6 Å². The Hall–Kier alpha value is -3.06. The van der Waals surface area contributed by atoms with Crippen molar-refractivity contribution >= 4 is 11.9 Å². The van der Waals surface area contributed by atoms with Gasteiger partial charge in [0.1, 0.15) is 11.9 Å². The van der Waals surface area contributed by atoms with Crippen LogP contribution in [-0.4, -0.2) is 61.6 Å². The maximum Gasteiger partial charge on any atom is 0.314 e. The fourth-order valence-electron chi connectivity index (χ4n) is 4.26. The molecule has 0 bridgehead atoms. The standard InChI is InChI=1S/C27H38N4O3/c1-6-28-26(33)29-16-18-30-19-24(32)31(17-15-20-7-13-23(34-5)14-8-20)25(30)21-9-11-22(12-10-21)27(2,3)4/h7-14,25H,6,15-19H2,1-5H3,(H2,28,29,33). The van der Waals surface area contributed by atoms with E-state index in [0.717, 1.165) is 23.3 Å². The summed E-state index contributed by atoms with van der Waals surface area (Å²) < 4.78 is 5.25. The van der Waals surface area contributed by atoms with Gasteiger partial charge in [-0.1, -0.05) is 57.2 Å². The molecule has 3 amide bonds. The van der Waals surface area contributed by atoms with E-state index >= 15 is 0 Å². The minimum Gasteiger partial charge on any atom is -0.497 e. The Morgan fingerprint density at radius 1 is 1.03 bits per heavy atom. The molecule has 34 heavy (non-hydrogen) atoms. The molecule has 2 aromatic carbocycles. The maximum absolute atomic E-state index is 13.1. The van der Waals surface area contributed by atoms with Gasteiger partial charge < -0.3 is 20.3 Å². The van der Waals surface area contributed by atoms with Gasteiger partial charge in [-0.15, -0.1) is 0 Å². The normalized spacial score (nSPS) is 16.6. The zero-order valence-electron chi connectivity index (χ0n) is 21.1. The summed E-state index contributed by atoms with van der Waals surface area (Å²) in [6, 6.07) is 16.4. The van der Waals surface area contributed by atoms with Crippen LogP contribution in [0.2, 0.25) is 0 Å². The zero-order valence-corrected chi connectivity index (χ0v) is 21.1. The van der Waals surface area contributed by atoms with Crippen LogP contribution in [0.15, 0.2) is 48.5 Å². The Bertz CT molecular complexity index is 951. The molecule has 0 spiro atoms. The van der Waals surface area contributed by atoms with E-state index in [-0.39, 0.29) is 23.5 Å². The average molecular weight is 467 g/mol. The van der Waals surface area contributed by atoms with Gasteiger partial charge in [0.2, 0.25) is 5.91 Å². The molecule has 1 saturated heterocycles. The molecule has 2 aromatic rings. The van der Waals surface area contributed by atoms with E-state index in [1.54, 1.807) is 7.11 Å². The van der Waals surface area contributed by atoms with Gasteiger partial charge in [0.15, 0.2) is 0 Å². The van der Waals surface area contributed by atoms with Crippen molar-refractivity contribution in [1.29, 1.82) is 0 Å². The highest BCUT2D eigenvalue weighted by Gasteiger charge is 2.38. The van der Waals surface area contributed by atoms with E-state index in [9.17, 15) is 9.59 Å². The molecule has 0 aliphatic carbocycles. The van der Waals surface area contributed by atoms with Gasteiger partial charge in [0.05, 0.1) is 13.7 Å². The third-order valence-electron chi connectivity index (χ3n) is 6.20. The Labute approximate surface area is 203 Å². The van der Waals surface area contributed by atoms with Gasteiger partial charge in [0.25, 0.3) is 0 Å². The molecule has 1 atom stereocenters. The third kappa shape index (κ3) is 6.50. The highest BCUT2D eigenvalue weighted by atomic mass is 16.5. The predicted octanol–water partition coefficient (Wildman–Crippen LogP) is 3.70. The van der Waals surface area contributed by atoms with Crippen LogP contribution in [0, 0.1) is 0 Å². The monoisotopic (exact) mass is 466 g/mol. The van der Waals surface area contributed by atoms with Crippen molar-refractivity contribution < 1.29 is 14.3 Å². The van der Waals surface area contributed by atoms with Crippen LogP contribution in [-0.2, 0) is 16.6 Å². The number of hydrogen-bond acceptors (Lipinski definition) is 4. The number of amides is 3. The summed E-state index contributed by atoms with van der Waals surface area (Å²) in [5.41, 5.74) is 3.57. The van der Waals surface area contributed by atoms with E-state index in [2.05, 4.69) is 60.6 Å². The Morgan fingerprint density at radius 2 is 1.71 bits per heavy atom. The van der Waals surface area contributed by atoms with Crippen LogP contribution in [0.25, 0.3) is 0 Å². The van der Waals surface area contributed by atoms with Crippen LogP contribution >= 0.6 is 0 Å². The Kier molecular flexibility index (Phi) is 8.56. The SMILES string of the molecule is CCNC(=O)NCCN1CC(=O)N(CCc2ccc(OC)cc2)C1c1ccc(C(C)(C)C)cc1. The summed E-state index contributed by atoms with van der Waals surface area (Å²) >= 11 is 0. The van der Waals surface area contributed by atoms with Crippen molar-refractivity contribution in [3.8, 4) is 5.75 Å². The number of rotatable bonds is 9. The van der Waals surface area contributed by atoms with Crippen molar-refractivity contribution in [3.05, 3.63) is 65.2 Å². The highest BCUT2D eigenvalue weighted by molar-refractivity contribution is 5.81. The molecule has 7 heteroatoms. The van der Waals surface area contributed by atoms with Crippen LogP contribution in [0.4, 0.5) is 4.79 Å². The molecule has 1 heterocycles.